The summed E-state index contributed by atoms with van der Waals surface area (Å²) in [5, 5.41) is 0.825. The van der Waals surface area contributed by atoms with Gasteiger partial charge in [0.1, 0.15) is 11.9 Å². The fraction of sp³-hybridized carbons (Fsp3) is 0.625. The Morgan fingerprint density at radius 2 is 2.00 bits per heavy atom. The maximum absolute atomic E-state index is 6.25. The van der Waals surface area contributed by atoms with Crippen LogP contribution in [-0.4, -0.2) is 31.5 Å². The Labute approximate surface area is 128 Å². The predicted molar refractivity (Wildman–Crippen MR) is 81.5 cm³/mol. The van der Waals surface area contributed by atoms with E-state index in [4.69, 9.17) is 14.2 Å². The van der Waals surface area contributed by atoms with Crippen LogP contribution in [0.4, 0.5) is 0 Å². The first-order valence-corrected chi connectivity index (χ1v) is 8.46. The van der Waals surface area contributed by atoms with E-state index in [1.54, 1.807) is 0 Å². The summed E-state index contributed by atoms with van der Waals surface area (Å²) in [7, 11) is 0. The smallest absolute Gasteiger partial charge is 0.123 e. The van der Waals surface area contributed by atoms with Crippen LogP contribution in [0.5, 0.6) is 5.75 Å². The maximum Gasteiger partial charge on any atom is 0.123 e. The van der Waals surface area contributed by atoms with E-state index in [0.717, 1.165) is 56.6 Å². The Balaban J connectivity index is 1.68. The molecule has 20 heavy (non-hydrogen) atoms. The summed E-state index contributed by atoms with van der Waals surface area (Å²) >= 11 is 3.52. The number of halogens is 1. The first-order valence-electron chi connectivity index (χ1n) is 7.34. The number of para-hydroxylation sites is 1. The van der Waals surface area contributed by atoms with Crippen molar-refractivity contribution in [2.24, 2.45) is 0 Å². The van der Waals surface area contributed by atoms with Crippen molar-refractivity contribution in [3.8, 4) is 5.75 Å². The van der Waals surface area contributed by atoms with E-state index < -0.39 is 0 Å². The minimum atomic E-state index is -0.00941. The third-order valence-electron chi connectivity index (χ3n) is 4.26. The molecule has 0 saturated carbocycles. The summed E-state index contributed by atoms with van der Waals surface area (Å²) in [4.78, 5) is 0. The molecule has 1 aromatic rings. The number of ether oxygens (including phenoxy) is 3. The minimum Gasteiger partial charge on any atom is -0.490 e. The fourth-order valence-corrected chi connectivity index (χ4v) is 3.55. The molecule has 110 valence electrons. The SMILES string of the molecule is BrCc1ccccc1OC1CCOC2(CCOCC2)C1. The van der Waals surface area contributed by atoms with Crippen molar-refractivity contribution >= 4 is 15.9 Å². The van der Waals surface area contributed by atoms with Gasteiger partial charge in [-0.3, -0.25) is 0 Å². The number of hydrogen-bond acceptors (Lipinski definition) is 3. The molecule has 1 aromatic carbocycles. The molecule has 0 amide bonds. The van der Waals surface area contributed by atoms with Gasteiger partial charge in [0.15, 0.2) is 0 Å². The first-order chi connectivity index (χ1) is 9.81. The Bertz CT molecular complexity index is 438. The van der Waals surface area contributed by atoms with Gasteiger partial charge in [-0.2, -0.15) is 0 Å². The van der Waals surface area contributed by atoms with Gasteiger partial charge in [0.2, 0.25) is 0 Å². The van der Waals surface area contributed by atoms with Gasteiger partial charge in [-0.25, -0.2) is 0 Å². The molecule has 0 radical (unpaired) electrons. The molecular weight excluding hydrogens is 320 g/mol. The second-order valence-electron chi connectivity index (χ2n) is 5.62. The van der Waals surface area contributed by atoms with E-state index in [2.05, 4.69) is 28.1 Å². The predicted octanol–water partition coefficient (Wildman–Crippen LogP) is 3.69. The quantitative estimate of drug-likeness (QED) is 0.785. The van der Waals surface area contributed by atoms with E-state index in [0.29, 0.717) is 0 Å². The Kier molecular flexibility index (Phi) is 4.64. The van der Waals surface area contributed by atoms with Crippen LogP contribution in [0.1, 0.15) is 31.2 Å². The molecule has 3 rings (SSSR count). The molecule has 2 fully saturated rings. The highest BCUT2D eigenvalue weighted by atomic mass is 79.9. The molecule has 2 aliphatic heterocycles. The molecule has 1 atom stereocenters. The van der Waals surface area contributed by atoms with Crippen LogP contribution in [0.3, 0.4) is 0 Å². The van der Waals surface area contributed by atoms with E-state index in [-0.39, 0.29) is 11.7 Å². The third kappa shape index (κ3) is 3.18. The molecule has 0 aromatic heterocycles. The van der Waals surface area contributed by atoms with E-state index in [1.165, 1.54) is 5.56 Å². The van der Waals surface area contributed by atoms with Crippen molar-refractivity contribution in [1.29, 1.82) is 0 Å². The lowest BCUT2D eigenvalue weighted by Gasteiger charge is -2.43. The molecule has 1 spiro atoms. The summed E-state index contributed by atoms with van der Waals surface area (Å²) in [6.07, 6.45) is 4.19. The van der Waals surface area contributed by atoms with Crippen molar-refractivity contribution in [2.45, 2.75) is 42.7 Å². The van der Waals surface area contributed by atoms with Crippen LogP contribution >= 0.6 is 15.9 Å². The topological polar surface area (TPSA) is 27.7 Å². The zero-order valence-electron chi connectivity index (χ0n) is 11.6. The summed E-state index contributed by atoms with van der Waals surface area (Å²) in [5.74, 6) is 0.999. The van der Waals surface area contributed by atoms with E-state index in [9.17, 15) is 0 Å². The van der Waals surface area contributed by atoms with Gasteiger partial charge < -0.3 is 14.2 Å². The minimum absolute atomic E-state index is 0.00941. The summed E-state index contributed by atoms with van der Waals surface area (Å²) in [6.45, 7) is 2.41. The third-order valence-corrected chi connectivity index (χ3v) is 4.87. The summed E-state index contributed by atoms with van der Waals surface area (Å²) in [5.41, 5.74) is 1.20. The zero-order valence-corrected chi connectivity index (χ0v) is 13.2. The molecule has 0 N–H and O–H groups in total. The van der Waals surface area contributed by atoms with Crippen LogP contribution in [0.15, 0.2) is 24.3 Å². The normalized spacial score (nSPS) is 25.6. The van der Waals surface area contributed by atoms with Crippen LogP contribution < -0.4 is 4.74 Å². The molecule has 0 bridgehead atoms. The standard InChI is InChI=1S/C16H21BrO3/c17-12-13-3-1-2-4-15(13)20-14-5-8-19-16(11-14)6-9-18-10-7-16/h1-4,14H,5-12H2. The van der Waals surface area contributed by atoms with Gasteiger partial charge in [0.05, 0.1) is 12.2 Å². The van der Waals surface area contributed by atoms with Gasteiger partial charge in [-0.15, -0.1) is 0 Å². The van der Waals surface area contributed by atoms with Crippen molar-refractivity contribution in [3.05, 3.63) is 29.8 Å². The highest BCUT2D eigenvalue weighted by molar-refractivity contribution is 9.08. The van der Waals surface area contributed by atoms with E-state index >= 15 is 0 Å². The van der Waals surface area contributed by atoms with Gasteiger partial charge in [0.25, 0.3) is 0 Å². The monoisotopic (exact) mass is 340 g/mol. The van der Waals surface area contributed by atoms with Crippen LogP contribution in [-0.2, 0) is 14.8 Å². The number of benzene rings is 1. The lowest BCUT2D eigenvalue weighted by Crippen LogP contribution is -2.47. The van der Waals surface area contributed by atoms with Gasteiger partial charge in [0, 0.05) is 36.9 Å². The molecule has 4 heteroatoms. The van der Waals surface area contributed by atoms with Gasteiger partial charge in [-0.05, 0) is 18.9 Å². The fourth-order valence-electron chi connectivity index (χ4n) is 3.08. The maximum atomic E-state index is 6.25. The van der Waals surface area contributed by atoms with Crippen molar-refractivity contribution < 1.29 is 14.2 Å². The van der Waals surface area contributed by atoms with E-state index in [1.807, 2.05) is 12.1 Å². The van der Waals surface area contributed by atoms with Gasteiger partial charge in [-0.1, -0.05) is 34.1 Å². The highest BCUT2D eigenvalue weighted by Crippen LogP contribution is 2.36. The van der Waals surface area contributed by atoms with Crippen molar-refractivity contribution in [1.82, 2.24) is 0 Å². The average molecular weight is 341 g/mol. The average Bonchev–Trinajstić information content (AvgIpc) is 2.49. The van der Waals surface area contributed by atoms with Crippen LogP contribution in [0.2, 0.25) is 0 Å². The molecule has 2 saturated heterocycles. The van der Waals surface area contributed by atoms with Gasteiger partial charge >= 0.3 is 0 Å². The van der Waals surface area contributed by atoms with Crippen molar-refractivity contribution in [2.75, 3.05) is 19.8 Å². The lowest BCUT2D eigenvalue weighted by atomic mass is 9.85. The summed E-state index contributed by atoms with van der Waals surface area (Å²) < 4.78 is 17.8. The highest BCUT2D eigenvalue weighted by Gasteiger charge is 2.39. The first kappa shape index (κ1) is 14.4. The van der Waals surface area contributed by atoms with Crippen molar-refractivity contribution in [3.63, 3.8) is 0 Å². The molecule has 1 unspecified atom stereocenters. The number of hydrogen-bond donors (Lipinski definition) is 0. The molecule has 2 aliphatic rings. The van der Waals surface area contributed by atoms with Crippen LogP contribution in [0.25, 0.3) is 0 Å². The number of rotatable bonds is 3. The lowest BCUT2D eigenvalue weighted by molar-refractivity contribution is -0.155. The van der Waals surface area contributed by atoms with Crippen LogP contribution in [0, 0.1) is 0 Å². The Hall–Kier alpha value is -0.580. The largest absolute Gasteiger partial charge is 0.490 e. The summed E-state index contributed by atoms with van der Waals surface area (Å²) in [6, 6.07) is 8.24. The molecule has 2 heterocycles. The second kappa shape index (κ2) is 6.46. The second-order valence-corrected chi connectivity index (χ2v) is 6.18. The number of alkyl halides is 1. The Morgan fingerprint density at radius 3 is 2.80 bits per heavy atom. The Morgan fingerprint density at radius 1 is 1.20 bits per heavy atom. The molecule has 0 aliphatic carbocycles. The zero-order chi connectivity index (χ0) is 13.8. The molecular formula is C16H21BrO3. The molecule has 3 nitrogen and oxygen atoms in total.